The number of benzene rings is 3. The van der Waals surface area contributed by atoms with Gasteiger partial charge in [-0.05, 0) is 37.6 Å². The minimum Gasteiger partial charge on any atom is -0.465 e. The zero-order chi connectivity index (χ0) is 23.8. The van der Waals surface area contributed by atoms with Crippen LogP contribution in [-0.4, -0.2) is 33.4 Å². The van der Waals surface area contributed by atoms with Gasteiger partial charge in [-0.25, -0.2) is 0 Å². The maximum absolute atomic E-state index is 12.7. The van der Waals surface area contributed by atoms with Crippen molar-refractivity contribution in [3.05, 3.63) is 101 Å². The zero-order valence-corrected chi connectivity index (χ0v) is 19.4. The Hall–Kier alpha value is -3.29. The number of hydrogen-bond donors (Lipinski definition) is 0. The van der Waals surface area contributed by atoms with Gasteiger partial charge in [-0.15, -0.1) is 0 Å². The van der Waals surface area contributed by atoms with Gasteiger partial charge >= 0.3 is 5.97 Å². The molecule has 3 aromatic carbocycles. The lowest BCUT2D eigenvalue weighted by atomic mass is 9.96. The van der Waals surface area contributed by atoms with Gasteiger partial charge in [-0.2, -0.15) is 8.42 Å². The highest BCUT2D eigenvalue weighted by molar-refractivity contribution is 7.86. The summed E-state index contributed by atoms with van der Waals surface area (Å²) in [5.74, 6) is -1.16. The number of hydrogen-bond acceptors (Lipinski definition) is 6. The van der Waals surface area contributed by atoms with Crippen LogP contribution in [0.2, 0.25) is 0 Å². The minimum absolute atomic E-state index is 0.0230. The molecule has 0 radical (unpaired) electrons. The van der Waals surface area contributed by atoms with Crippen molar-refractivity contribution in [2.24, 2.45) is 0 Å². The van der Waals surface area contributed by atoms with E-state index in [0.29, 0.717) is 16.7 Å². The highest BCUT2D eigenvalue weighted by Crippen LogP contribution is 2.20. The quantitative estimate of drug-likeness (QED) is 0.187. The molecule has 0 bridgehead atoms. The molecule has 0 spiro atoms. The lowest BCUT2D eigenvalue weighted by Gasteiger charge is -2.13. The van der Waals surface area contributed by atoms with E-state index in [2.05, 4.69) is 0 Å². The predicted octanol–water partition coefficient (Wildman–Crippen LogP) is 4.67. The first-order valence-electron chi connectivity index (χ1n) is 10.6. The van der Waals surface area contributed by atoms with E-state index in [-0.39, 0.29) is 30.3 Å². The smallest absolute Gasteiger partial charge is 0.313 e. The number of ketones is 1. The van der Waals surface area contributed by atoms with Gasteiger partial charge in [0.05, 0.1) is 24.0 Å². The van der Waals surface area contributed by atoms with Gasteiger partial charge in [0.15, 0.2) is 5.78 Å². The summed E-state index contributed by atoms with van der Waals surface area (Å²) in [7, 11) is -3.85. The molecule has 6 nitrogen and oxygen atoms in total. The van der Waals surface area contributed by atoms with E-state index >= 15 is 0 Å². The molecular weight excluding hydrogens is 440 g/mol. The molecule has 0 aliphatic carbocycles. The van der Waals surface area contributed by atoms with Crippen molar-refractivity contribution >= 4 is 21.9 Å². The van der Waals surface area contributed by atoms with Crippen LogP contribution in [-0.2, 0) is 23.8 Å². The molecule has 0 N–H and O–H groups in total. The van der Waals surface area contributed by atoms with Crippen LogP contribution in [0.3, 0.4) is 0 Å². The Labute approximate surface area is 194 Å². The molecule has 33 heavy (non-hydrogen) atoms. The van der Waals surface area contributed by atoms with Crippen LogP contribution < -0.4 is 0 Å². The standard InChI is InChI=1S/C26H26O6S/c1-19-12-14-24(15-13-19)33(29,30)32-17-7-16-31-26(28)20(2)22-10-6-11-23(18-22)25(27)21-8-4-3-5-9-21/h3-6,8-15,18,20H,7,16-17H2,1-2H3. The summed E-state index contributed by atoms with van der Waals surface area (Å²) >= 11 is 0. The number of esters is 1. The largest absolute Gasteiger partial charge is 0.465 e. The Bertz CT molecular complexity index is 1200. The zero-order valence-electron chi connectivity index (χ0n) is 18.6. The fraction of sp³-hybridized carbons (Fsp3) is 0.231. The van der Waals surface area contributed by atoms with Crippen molar-refractivity contribution in [1.82, 2.24) is 0 Å². The predicted molar refractivity (Wildman–Crippen MR) is 125 cm³/mol. The molecule has 0 saturated heterocycles. The van der Waals surface area contributed by atoms with E-state index in [9.17, 15) is 18.0 Å². The lowest BCUT2D eigenvalue weighted by Crippen LogP contribution is -2.16. The second-order valence-electron chi connectivity index (χ2n) is 7.65. The van der Waals surface area contributed by atoms with Crippen LogP contribution >= 0.6 is 0 Å². The Morgan fingerprint density at radius 3 is 2.21 bits per heavy atom. The highest BCUT2D eigenvalue weighted by atomic mass is 32.2. The lowest BCUT2D eigenvalue weighted by molar-refractivity contribution is -0.145. The third kappa shape index (κ3) is 6.60. The summed E-state index contributed by atoms with van der Waals surface area (Å²) in [6.07, 6.45) is 0.232. The number of aryl methyl sites for hydroxylation is 1. The molecule has 0 heterocycles. The van der Waals surface area contributed by atoms with Gasteiger partial charge < -0.3 is 4.74 Å². The first-order valence-corrected chi connectivity index (χ1v) is 12.0. The van der Waals surface area contributed by atoms with Crippen molar-refractivity contribution in [2.75, 3.05) is 13.2 Å². The van der Waals surface area contributed by atoms with Crippen LogP contribution in [0.5, 0.6) is 0 Å². The summed E-state index contributed by atoms with van der Waals surface area (Å²) in [4.78, 5) is 25.2. The van der Waals surface area contributed by atoms with Gasteiger partial charge in [0.25, 0.3) is 10.1 Å². The second kappa shape index (κ2) is 11.0. The third-order valence-corrected chi connectivity index (χ3v) is 6.45. The van der Waals surface area contributed by atoms with Crippen molar-refractivity contribution in [3.63, 3.8) is 0 Å². The number of carbonyl (C=O) groups excluding carboxylic acids is 2. The minimum atomic E-state index is -3.85. The van der Waals surface area contributed by atoms with Crippen LogP contribution in [0, 0.1) is 6.92 Å². The summed E-state index contributed by atoms with van der Waals surface area (Å²) < 4.78 is 34.6. The fourth-order valence-electron chi connectivity index (χ4n) is 3.14. The molecule has 7 heteroatoms. The summed E-state index contributed by atoms with van der Waals surface area (Å²) in [5, 5.41) is 0. The van der Waals surface area contributed by atoms with Gasteiger partial charge in [-0.1, -0.05) is 66.2 Å². The van der Waals surface area contributed by atoms with E-state index in [1.165, 1.54) is 12.1 Å². The maximum atomic E-state index is 12.7. The van der Waals surface area contributed by atoms with Crippen molar-refractivity contribution in [2.45, 2.75) is 31.1 Å². The molecule has 3 aromatic rings. The summed E-state index contributed by atoms with van der Waals surface area (Å²) in [6.45, 7) is 3.49. The molecule has 3 rings (SSSR count). The second-order valence-corrected chi connectivity index (χ2v) is 9.27. The van der Waals surface area contributed by atoms with Crippen molar-refractivity contribution in [1.29, 1.82) is 0 Å². The number of rotatable bonds is 10. The molecule has 0 aliphatic heterocycles. The van der Waals surface area contributed by atoms with Crippen LogP contribution in [0.4, 0.5) is 0 Å². The molecule has 0 aliphatic rings. The van der Waals surface area contributed by atoms with Crippen molar-refractivity contribution < 1.29 is 26.9 Å². The Kier molecular flexibility index (Phi) is 8.14. The van der Waals surface area contributed by atoms with E-state index in [4.69, 9.17) is 8.92 Å². The molecule has 0 fully saturated rings. The van der Waals surface area contributed by atoms with E-state index in [1.807, 2.05) is 13.0 Å². The maximum Gasteiger partial charge on any atom is 0.313 e. The van der Waals surface area contributed by atoms with Gasteiger partial charge in [0.1, 0.15) is 0 Å². The first kappa shape index (κ1) is 24.4. The van der Waals surface area contributed by atoms with Gasteiger partial charge in [0.2, 0.25) is 0 Å². The summed E-state index contributed by atoms with van der Waals surface area (Å²) in [5.41, 5.74) is 2.68. The van der Waals surface area contributed by atoms with Gasteiger partial charge in [0, 0.05) is 17.5 Å². The normalized spacial score (nSPS) is 12.2. The molecule has 1 atom stereocenters. The topological polar surface area (TPSA) is 86.7 Å². The fourth-order valence-corrected chi connectivity index (χ4v) is 4.08. The third-order valence-electron chi connectivity index (χ3n) is 5.12. The molecule has 0 aromatic heterocycles. The van der Waals surface area contributed by atoms with Crippen molar-refractivity contribution in [3.8, 4) is 0 Å². The Morgan fingerprint density at radius 2 is 1.52 bits per heavy atom. The molecule has 172 valence electrons. The SMILES string of the molecule is Cc1ccc(S(=O)(=O)OCCCOC(=O)C(C)c2cccc(C(=O)c3ccccc3)c2)cc1. The Balaban J connectivity index is 1.50. The molecular formula is C26H26O6S. The summed E-state index contributed by atoms with van der Waals surface area (Å²) in [6, 6.07) is 22.2. The molecule has 0 amide bonds. The number of carbonyl (C=O) groups is 2. The van der Waals surface area contributed by atoms with E-state index in [1.54, 1.807) is 67.6 Å². The van der Waals surface area contributed by atoms with E-state index < -0.39 is 22.0 Å². The average Bonchev–Trinajstić information content (AvgIpc) is 2.83. The number of ether oxygens (including phenoxy) is 1. The van der Waals surface area contributed by atoms with E-state index in [0.717, 1.165) is 5.56 Å². The van der Waals surface area contributed by atoms with Gasteiger partial charge in [-0.3, -0.25) is 13.8 Å². The van der Waals surface area contributed by atoms with Crippen LogP contribution in [0.25, 0.3) is 0 Å². The average molecular weight is 467 g/mol. The highest BCUT2D eigenvalue weighted by Gasteiger charge is 2.19. The monoisotopic (exact) mass is 466 g/mol. The molecule has 1 unspecified atom stereocenters. The Morgan fingerprint density at radius 1 is 0.848 bits per heavy atom. The van der Waals surface area contributed by atoms with Crippen LogP contribution in [0.1, 0.15) is 46.3 Å². The molecule has 0 saturated carbocycles. The first-order chi connectivity index (χ1) is 15.8. The van der Waals surface area contributed by atoms with Crippen LogP contribution in [0.15, 0.2) is 83.8 Å².